The number of ether oxygens (including phenoxy) is 3. The first-order valence-electron chi connectivity index (χ1n) is 8.42. The highest BCUT2D eigenvalue weighted by atomic mass is 16.6. The summed E-state index contributed by atoms with van der Waals surface area (Å²) in [7, 11) is 1.32. The summed E-state index contributed by atoms with van der Waals surface area (Å²) in [5.74, 6) is -1.67. The summed E-state index contributed by atoms with van der Waals surface area (Å²) in [5.41, 5.74) is -0.571. The molecule has 0 aliphatic rings. The third-order valence-corrected chi connectivity index (χ3v) is 3.74. The van der Waals surface area contributed by atoms with Gasteiger partial charge in [-0.1, -0.05) is 12.1 Å². The molecule has 1 atom stereocenters. The second-order valence-electron chi connectivity index (χ2n) is 5.78. The number of hydrogen-bond acceptors (Lipinski definition) is 9. The van der Waals surface area contributed by atoms with Gasteiger partial charge in [-0.15, -0.1) is 0 Å². The molecular formula is C18H17N3O9. The zero-order valence-electron chi connectivity index (χ0n) is 15.9. The van der Waals surface area contributed by atoms with Crippen molar-refractivity contribution in [1.82, 2.24) is 0 Å². The number of anilines is 1. The van der Waals surface area contributed by atoms with Gasteiger partial charge < -0.3 is 19.5 Å². The zero-order valence-corrected chi connectivity index (χ0v) is 15.9. The van der Waals surface area contributed by atoms with Crippen LogP contribution in [0.25, 0.3) is 0 Å². The number of esters is 1. The number of amides is 1. The maximum atomic E-state index is 12.3. The Hall–Kier alpha value is -4.22. The lowest BCUT2D eigenvalue weighted by Crippen LogP contribution is -2.31. The van der Waals surface area contributed by atoms with Gasteiger partial charge in [-0.2, -0.15) is 0 Å². The van der Waals surface area contributed by atoms with Crippen LogP contribution in [0.5, 0.6) is 11.5 Å². The van der Waals surface area contributed by atoms with E-state index in [-0.39, 0.29) is 28.6 Å². The number of nitro groups is 2. The minimum atomic E-state index is -1.28. The third kappa shape index (κ3) is 5.64. The third-order valence-electron chi connectivity index (χ3n) is 3.74. The molecule has 2 rings (SSSR count). The van der Waals surface area contributed by atoms with E-state index in [1.807, 2.05) is 0 Å². The highest BCUT2D eigenvalue weighted by Gasteiger charge is 2.22. The van der Waals surface area contributed by atoms with E-state index in [0.29, 0.717) is 0 Å². The SMILES string of the molecule is COc1ccc([N+](=O)[O-])cc1NC(=O)C(C)OC(=O)COc1ccccc1[N+](=O)[O-]. The van der Waals surface area contributed by atoms with Gasteiger partial charge in [0.2, 0.25) is 0 Å². The first kappa shape index (κ1) is 22.1. The van der Waals surface area contributed by atoms with Gasteiger partial charge in [-0.05, 0) is 19.1 Å². The highest BCUT2D eigenvalue weighted by Crippen LogP contribution is 2.29. The first-order valence-corrected chi connectivity index (χ1v) is 8.42. The molecule has 0 radical (unpaired) electrons. The summed E-state index contributed by atoms with van der Waals surface area (Å²) in [4.78, 5) is 44.7. The summed E-state index contributed by atoms with van der Waals surface area (Å²) in [6, 6.07) is 9.08. The summed E-state index contributed by atoms with van der Waals surface area (Å²) in [6.45, 7) is 0.616. The summed E-state index contributed by atoms with van der Waals surface area (Å²) in [5, 5.41) is 24.2. The van der Waals surface area contributed by atoms with E-state index in [1.165, 1.54) is 50.4 Å². The number of methoxy groups -OCH3 is 1. The minimum absolute atomic E-state index is 0.0239. The fraction of sp³-hybridized carbons (Fsp3) is 0.222. The first-order chi connectivity index (χ1) is 14.2. The average Bonchev–Trinajstić information content (AvgIpc) is 2.72. The Kier molecular flexibility index (Phi) is 7.22. The van der Waals surface area contributed by atoms with Gasteiger partial charge in [-0.3, -0.25) is 25.0 Å². The standard InChI is InChI=1S/C18H17N3O9/c1-11(18(23)19-13-9-12(20(24)25)7-8-15(13)28-2)30-17(22)10-29-16-6-4-3-5-14(16)21(26)27/h3-9,11H,10H2,1-2H3,(H,19,23). The van der Waals surface area contributed by atoms with Crippen LogP contribution in [0.2, 0.25) is 0 Å². The van der Waals surface area contributed by atoms with Crippen molar-refractivity contribution in [3.05, 3.63) is 62.7 Å². The molecule has 12 heteroatoms. The molecule has 0 aliphatic heterocycles. The minimum Gasteiger partial charge on any atom is -0.495 e. The fourth-order valence-electron chi connectivity index (χ4n) is 2.29. The number of carbonyl (C=O) groups excluding carboxylic acids is 2. The number of nitrogens with zero attached hydrogens (tertiary/aromatic N) is 2. The van der Waals surface area contributed by atoms with Crippen molar-refractivity contribution >= 4 is 28.9 Å². The van der Waals surface area contributed by atoms with Crippen LogP contribution in [-0.2, 0) is 14.3 Å². The average molecular weight is 419 g/mol. The molecule has 1 amide bonds. The Bertz CT molecular complexity index is 977. The molecule has 30 heavy (non-hydrogen) atoms. The molecule has 0 heterocycles. The Balaban J connectivity index is 1.98. The van der Waals surface area contributed by atoms with Gasteiger partial charge in [0.25, 0.3) is 11.6 Å². The summed E-state index contributed by atoms with van der Waals surface area (Å²) < 4.78 is 15.1. The molecule has 0 aromatic heterocycles. The quantitative estimate of drug-likeness (QED) is 0.366. The number of non-ortho nitro benzene ring substituents is 1. The van der Waals surface area contributed by atoms with Crippen LogP contribution < -0.4 is 14.8 Å². The molecule has 0 spiro atoms. The van der Waals surface area contributed by atoms with Gasteiger partial charge in [0, 0.05) is 18.2 Å². The van der Waals surface area contributed by atoms with Crippen molar-refractivity contribution in [2.45, 2.75) is 13.0 Å². The van der Waals surface area contributed by atoms with Gasteiger partial charge in [0.15, 0.2) is 18.5 Å². The molecule has 12 nitrogen and oxygen atoms in total. The van der Waals surface area contributed by atoms with Crippen molar-refractivity contribution < 1.29 is 33.6 Å². The Morgan fingerprint density at radius 1 is 1.07 bits per heavy atom. The number of para-hydroxylation sites is 2. The fourth-order valence-corrected chi connectivity index (χ4v) is 2.29. The number of carbonyl (C=O) groups is 2. The molecule has 2 aromatic carbocycles. The Morgan fingerprint density at radius 2 is 1.77 bits per heavy atom. The van der Waals surface area contributed by atoms with Gasteiger partial charge in [0.05, 0.1) is 22.6 Å². The Labute approximate surface area is 169 Å². The van der Waals surface area contributed by atoms with E-state index in [2.05, 4.69) is 5.32 Å². The van der Waals surface area contributed by atoms with Crippen LogP contribution >= 0.6 is 0 Å². The lowest BCUT2D eigenvalue weighted by Gasteiger charge is -2.15. The van der Waals surface area contributed by atoms with Crippen molar-refractivity contribution in [2.75, 3.05) is 19.0 Å². The molecule has 0 saturated carbocycles. The van der Waals surface area contributed by atoms with Crippen LogP contribution in [0.1, 0.15) is 6.92 Å². The molecular weight excluding hydrogens is 402 g/mol. The lowest BCUT2D eigenvalue weighted by atomic mass is 10.2. The van der Waals surface area contributed by atoms with E-state index in [0.717, 1.165) is 6.07 Å². The Morgan fingerprint density at radius 3 is 2.40 bits per heavy atom. The van der Waals surface area contributed by atoms with Gasteiger partial charge in [-0.25, -0.2) is 4.79 Å². The van der Waals surface area contributed by atoms with Crippen LogP contribution in [0.15, 0.2) is 42.5 Å². The molecule has 1 N–H and O–H groups in total. The van der Waals surface area contributed by atoms with E-state index in [9.17, 15) is 29.8 Å². The normalized spacial score (nSPS) is 11.1. The number of benzene rings is 2. The predicted octanol–water partition coefficient (Wildman–Crippen LogP) is 2.46. The molecule has 0 aliphatic carbocycles. The number of hydrogen-bond donors (Lipinski definition) is 1. The summed E-state index contributed by atoms with van der Waals surface area (Å²) in [6.07, 6.45) is -1.28. The van der Waals surface area contributed by atoms with Gasteiger partial charge in [0.1, 0.15) is 5.75 Å². The molecule has 2 aromatic rings. The van der Waals surface area contributed by atoms with E-state index in [1.54, 1.807) is 0 Å². The van der Waals surface area contributed by atoms with Crippen LogP contribution in [0, 0.1) is 20.2 Å². The van der Waals surface area contributed by atoms with Gasteiger partial charge >= 0.3 is 11.7 Å². The van der Waals surface area contributed by atoms with E-state index >= 15 is 0 Å². The monoisotopic (exact) mass is 419 g/mol. The second-order valence-corrected chi connectivity index (χ2v) is 5.78. The lowest BCUT2D eigenvalue weighted by molar-refractivity contribution is -0.385. The van der Waals surface area contributed by atoms with Crippen molar-refractivity contribution in [3.63, 3.8) is 0 Å². The summed E-state index contributed by atoms with van der Waals surface area (Å²) >= 11 is 0. The molecule has 1 unspecified atom stereocenters. The zero-order chi connectivity index (χ0) is 22.3. The predicted molar refractivity (Wildman–Crippen MR) is 102 cm³/mol. The van der Waals surface area contributed by atoms with Crippen molar-refractivity contribution in [1.29, 1.82) is 0 Å². The maximum Gasteiger partial charge on any atom is 0.344 e. The smallest absolute Gasteiger partial charge is 0.344 e. The molecule has 0 saturated heterocycles. The largest absolute Gasteiger partial charge is 0.495 e. The highest BCUT2D eigenvalue weighted by molar-refractivity contribution is 5.96. The molecule has 0 bridgehead atoms. The molecule has 0 fully saturated rings. The number of rotatable bonds is 9. The van der Waals surface area contributed by atoms with Crippen LogP contribution in [0.4, 0.5) is 17.1 Å². The number of nitrogens with one attached hydrogen (secondary N) is 1. The molecule has 158 valence electrons. The van der Waals surface area contributed by atoms with E-state index < -0.39 is 34.4 Å². The van der Waals surface area contributed by atoms with Crippen LogP contribution in [-0.4, -0.2) is 41.5 Å². The van der Waals surface area contributed by atoms with Crippen molar-refractivity contribution in [2.24, 2.45) is 0 Å². The van der Waals surface area contributed by atoms with Crippen molar-refractivity contribution in [3.8, 4) is 11.5 Å². The van der Waals surface area contributed by atoms with E-state index in [4.69, 9.17) is 14.2 Å². The number of nitro benzene ring substituents is 2. The maximum absolute atomic E-state index is 12.3. The topological polar surface area (TPSA) is 160 Å². The van der Waals surface area contributed by atoms with Crippen LogP contribution in [0.3, 0.4) is 0 Å². The second kappa shape index (κ2) is 9.82.